The van der Waals surface area contributed by atoms with E-state index >= 15 is 0 Å². The Morgan fingerprint density at radius 1 is 1.15 bits per heavy atom. The molecule has 1 aromatic rings. The maximum Gasteiger partial charge on any atom is 0.325 e. The summed E-state index contributed by atoms with van der Waals surface area (Å²) < 4.78 is 4.78. The van der Waals surface area contributed by atoms with Crippen LogP contribution in [0.5, 0.6) is 0 Å². The van der Waals surface area contributed by atoms with Crippen LogP contribution in [0.25, 0.3) is 0 Å². The van der Waals surface area contributed by atoms with Crippen molar-refractivity contribution in [1.82, 2.24) is 5.32 Å². The molecule has 5 heteroatoms. The minimum Gasteiger partial charge on any atom is -0.465 e. The van der Waals surface area contributed by atoms with Gasteiger partial charge in [-0.05, 0) is 13.8 Å². The van der Waals surface area contributed by atoms with Crippen molar-refractivity contribution in [2.45, 2.75) is 13.8 Å². The van der Waals surface area contributed by atoms with E-state index in [2.05, 4.69) is 5.32 Å². The smallest absolute Gasteiger partial charge is 0.325 e. The normalized spacial score (nSPS) is 14.1. The van der Waals surface area contributed by atoms with Gasteiger partial charge in [0.1, 0.15) is 6.54 Å². The molecule has 0 saturated carbocycles. The van der Waals surface area contributed by atoms with Crippen molar-refractivity contribution in [3.05, 3.63) is 46.7 Å². The fourth-order valence-electron chi connectivity index (χ4n) is 2.09. The molecule has 0 spiro atoms. The summed E-state index contributed by atoms with van der Waals surface area (Å²) in [7, 11) is 0. The van der Waals surface area contributed by atoms with Gasteiger partial charge in [0.25, 0.3) is 0 Å². The van der Waals surface area contributed by atoms with Crippen LogP contribution >= 0.6 is 0 Å². The van der Waals surface area contributed by atoms with Crippen molar-refractivity contribution in [1.29, 1.82) is 0 Å². The van der Waals surface area contributed by atoms with Crippen LogP contribution in [0.3, 0.4) is 0 Å². The monoisotopic (exact) mass is 273 g/mol. The average Bonchev–Trinajstić information content (AvgIpc) is 2.45. The van der Waals surface area contributed by atoms with E-state index in [-0.39, 0.29) is 30.4 Å². The van der Waals surface area contributed by atoms with E-state index in [4.69, 9.17) is 4.74 Å². The zero-order chi connectivity index (χ0) is 14.7. The Bertz CT molecular complexity index is 616. The number of carbonyl (C=O) groups is 3. The summed E-state index contributed by atoms with van der Waals surface area (Å²) in [6, 6.07) is 6.65. The molecule has 0 unspecified atom stereocenters. The van der Waals surface area contributed by atoms with Gasteiger partial charge in [0.15, 0.2) is 5.78 Å². The van der Waals surface area contributed by atoms with Crippen LogP contribution in [0.1, 0.15) is 34.6 Å². The van der Waals surface area contributed by atoms with E-state index in [1.54, 1.807) is 38.1 Å². The van der Waals surface area contributed by atoms with Crippen molar-refractivity contribution in [3.8, 4) is 0 Å². The fraction of sp³-hybridized carbons (Fsp3) is 0.267. The number of rotatable bonds is 4. The highest BCUT2D eigenvalue weighted by Gasteiger charge is 2.29. The topological polar surface area (TPSA) is 72.5 Å². The maximum atomic E-state index is 12.3. The molecule has 2 rings (SSSR count). The quantitative estimate of drug-likeness (QED) is 0.841. The van der Waals surface area contributed by atoms with Crippen molar-refractivity contribution in [2.24, 2.45) is 0 Å². The molecule has 0 radical (unpaired) electrons. The van der Waals surface area contributed by atoms with Crippen molar-refractivity contribution in [3.63, 3.8) is 0 Å². The number of fused-ring (bicyclic) bond motifs is 1. The predicted molar refractivity (Wildman–Crippen MR) is 72.4 cm³/mol. The molecule has 1 aliphatic carbocycles. The molecule has 0 fully saturated rings. The fourth-order valence-corrected chi connectivity index (χ4v) is 2.09. The van der Waals surface area contributed by atoms with Crippen LogP contribution in [0, 0.1) is 0 Å². The second kappa shape index (κ2) is 5.69. The van der Waals surface area contributed by atoms with Crippen LogP contribution in [0.15, 0.2) is 35.5 Å². The molecule has 0 amide bonds. The third-order valence-electron chi connectivity index (χ3n) is 3.07. The van der Waals surface area contributed by atoms with Gasteiger partial charge >= 0.3 is 5.97 Å². The molecule has 0 bridgehead atoms. The molecule has 0 saturated heterocycles. The van der Waals surface area contributed by atoms with Gasteiger partial charge in [-0.3, -0.25) is 14.4 Å². The molecular weight excluding hydrogens is 258 g/mol. The molecule has 104 valence electrons. The Morgan fingerprint density at radius 3 is 2.35 bits per heavy atom. The molecule has 1 aromatic carbocycles. The molecular formula is C15H15NO4. The van der Waals surface area contributed by atoms with Gasteiger partial charge in [0.2, 0.25) is 5.78 Å². The van der Waals surface area contributed by atoms with E-state index < -0.39 is 5.97 Å². The van der Waals surface area contributed by atoms with Gasteiger partial charge in [0, 0.05) is 16.7 Å². The summed E-state index contributed by atoms with van der Waals surface area (Å²) in [6.45, 7) is 3.41. The summed E-state index contributed by atoms with van der Waals surface area (Å²) in [5.41, 5.74) is 1.24. The zero-order valence-electron chi connectivity index (χ0n) is 11.4. The molecule has 5 nitrogen and oxygen atoms in total. The standard InChI is InChI=1S/C15H15NO4/c1-3-20-12(17)8-16-13-9(2)14(18)10-6-4-5-7-11(10)15(13)19/h4-7,16H,3,8H2,1-2H3. The van der Waals surface area contributed by atoms with Crippen molar-refractivity contribution < 1.29 is 19.1 Å². The number of allylic oxidation sites excluding steroid dienone is 2. The first-order valence-electron chi connectivity index (χ1n) is 6.35. The SMILES string of the molecule is CCOC(=O)CNC1=C(C)C(=O)c2ccccc2C1=O. The molecule has 20 heavy (non-hydrogen) atoms. The Morgan fingerprint density at radius 2 is 1.75 bits per heavy atom. The summed E-state index contributed by atoms with van der Waals surface area (Å²) in [6.07, 6.45) is 0. The number of esters is 1. The van der Waals surface area contributed by atoms with Gasteiger partial charge in [-0.15, -0.1) is 0 Å². The lowest BCUT2D eigenvalue weighted by atomic mass is 9.88. The summed E-state index contributed by atoms with van der Waals surface area (Å²) in [5.74, 6) is -0.944. The highest BCUT2D eigenvalue weighted by atomic mass is 16.5. The third kappa shape index (κ3) is 2.47. The molecule has 0 heterocycles. The molecule has 1 N–H and O–H groups in total. The second-order valence-electron chi connectivity index (χ2n) is 4.36. The Balaban J connectivity index is 2.26. The van der Waals surface area contributed by atoms with Gasteiger partial charge < -0.3 is 10.1 Å². The van der Waals surface area contributed by atoms with Gasteiger partial charge in [-0.2, -0.15) is 0 Å². The molecule has 0 atom stereocenters. The van der Waals surface area contributed by atoms with Crippen LogP contribution in [-0.2, 0) is 9.53 Å². The number of ether oxygens (including phenoxy) is 1. The number of carbonyl (C=O) groups excluding carboxylic acids is 3. The van der Waals surface area contributed by atoms with Gasteiger partial charge in [-0.1, -0.05) is 24.3 Å². The number of hydrogen-bond donors (Lipinski definition) is 1. The Kier molecular flexibility index (Phi) is 3.98. The molecule has 0 aromatic heterocycles. The zero-order valence-corrected chi connectivity index (χ0v) is 11.4. The highest BCUT2D eigenvalue weighted by Crippen LogP contribution is 2.24. The van der Waals surface area contributed by atoms with E-state index in [0.717, 1.165) is 0 Å². The molecule has 1 aliphatic rings. The van der Waals surface area contributed by atoms with Crippen LogP contribution in [0.4, 0.5) is 0 Å². The van der Waals surface area contributed by atoms with E-state index in [9.17, 15) is 14.4 Å². The largest absolute Gasteiger partial charge is 0.465 e. The molecule has 0 aliphatic heterocycles. The number of Topliss-reactive ketones (excluding diaryl/α,β-unsaturated/α-hetero) is 2. The summed E-state index contributed by atoms with van der Waals surface area (Å²) in [4.78, 5) is 35.8. The van der Waals surface area contributed by atoms with E-state index in [0.29, 0.717) is 16.7 Å². The summed E-state index contributed by atoms with van der Waals surface area (Å²) >= 11 is 0. The van der Waals surface area contributed by atoms with Crippen LogP contribution in [0.2, 0.25) is 0 Å². The number of ketones is 2. The first kappa shape index (κ1) is 14.0. The number of benzene rings is 1. The van der Waals surface area contributed by atoms with E-state index in [1.807, 2.05) is 0 Å². The predicted octanol–water partition coefficient (Wildman–Crippen LogP) is 1.49. The van der Waals surface area contributed by atoms with E-state index in [1.165, 1.54) is 0 Å². The maximum absolute atomic E-state index is 12.3. The minimum absolute atomic E-state index is 0.137. The minimum atomic E-state index is -0.466. The lowest BCUT2D eigenvalue weighted by molar-refractivity contribution is -0.141. The van der Waals surface area contributed by atoms with Gasteiger partial charge in [-0.25, -0.2) is 0 Å². The summed E-state index contributed by atoms with van der Waals surface area (Å²) in [5, 5.41) is 2.71. The van der Waals surface area contributed by atoms with Crippen molar-refractivity contribution >= 4 is 17.5 Å². The van der Waals surface area contributed by atoms with Crippen molar-refractivity contribution in [2.75, 3.05) is 13.2 Å². The lowest BCUT2D eigenvalue weighted by Crippen LogP contribution is -2.33. The van der Waals surface area contributed by atoms with Crippen LogP contribution < -0.4 is 5.32 Å². The Labute approximate surface area is 116 Å². The first-order chi connectivity index (χ1) is 9.56. The second-order valence-corrected chi connectivity index (χ2v) is 4.36. The highest BCUT2D eigenvalue weighted by molar-refractivity contribution is 6.26. The third-order valence-corrected chi connectivity index (χ3v) is 3.07. The number of hydrogen-bond acceptors (Lipinski definition) is 5. The van der Waals surface area contributed by atoms with Crippen LogP contribution in [-0.4, -0.2) is 30.7 Å². The lowest BCUT2D eigenvalue weighted by Gasteiger charge is -2.19. The average molecular weight is 273 g/mol. The Hall–Kier alpha value is -2.43. The number of nitrogens with one attached hydrogen (secondary N) is 1. The first-order valence-corrected chi connectivity index (χ1v) is 6.35. The van der Waals surface area contributed by atoms with Gasteiger partial charge in [0.05, 0.1) is 12.3 Å².